The van der Waals surface area contributed by atoms with E-state index in [1.807, 2.05) is 6.92 Å². The van der Waals surface area contributed by atoms with Gasteiger partial charge in [0.05, 0.1) is 5.56 Å². The minimum atomic E-state index is -0.975. The maximum Gasteiger partial charge on any atom is 0.336 e. The number of allylic oxidation sites excluding steroid dienone is 2. The van der Waals surface area contributed by atoms with Gasteiger partial charge in [0.15, 0.2) is 0 Å². The minimum absolute atomic E-state index is 0.0650. The maximum absolute atomic E-state index is 12.0. The van der Waals surface area contributed by atoms with Crippen molar-refractivity contribution < 1.29 is 14.7 Å². The van der Waals surface area contributed by atoms with Crippen LogP contribution in [0.3, 0.4) is 0 Å². The van der Waals surface area contributed by atoms with Crippen molar-refractivity contribution in [1.82, 2.24) is 0 Å². The van der Waals surface area contributed by atoms with Gasteiger partial charge >= 0.3 is 5.97 Å². The summed E-state index contributed by atoms with van der Waals surface area (Å²) in [6.07, 6.45) is 6.67. The van der Waals surface area contributed by atoms with Gasteiger partial charge in [-0.05, 0) is 49.8 Å². The monoisotopic (exact) mass is 273 g/mol. The van der Waals surface area contributed by atoms with Gasteiger partial charge in [-0.25, -0.2) is 4.79 Å². The van der Waals surface area contributed by atoms with Crippen molar-refractivity contribution in [2.45, 2.75) is 33.1 Å². The Kier molecular flexibility index (Phi) is 4.23. The molecular formula is C16H19NO3. The van der Waals surface area contributed by atoms with Gasteiger partial charge in [0.2, 0.25) is 5.91 Å². The molecule has 0 saturated carbocycles. The van der Waals surface area contributed by atoms with Crippen molar-refractivity contribution in [3.8, 4) is 0 Å². The number of anilines is 1. The molecule has 4 nitrogen and oxygen atoms in total. The lowest BCUT2D eigenvalue weighted by Crippen LogP contribution is -2.16. The molecule has 1 aliphatic carbocycles. The molecule has 0 aromatic heterocycles. The van der Waals surface area contributed by atoms with Crippen LogP contribution in [0.25, 0.3) is 0 Å². The van der Waals surface area contributed by atoms with Crippen molar-refractivity contribution in [2.75, 3.05) is 5.32 Å². The van der Waals surface area contributed by atoms with Crippen LogP contribution in [-0.2, 0) is 4.79 Å². The SMILES string of the molecule is Cc1cc(C)c(C(=O)O)cc1NC(=O)CC1C=CCC1. The molecule has 4 heteroatoms. The number of nitrogens with one attached hydrogen (secondary N) is 1. The van der Waals surface area contributed by atoms with E-state index in [-0.39, 0.29) is 11.5 Å². The molecule has 1 aromatic rings. The molecule has 1 unspecified atom stereocenters. The number of hydrogen-bond acceptors (Lipinski definition) is 2. The van der Waals surface area contributed by atoms with E-state index >= 15 is 0 Å². The van der Waals surface area contributed by atoms with E-state index in [9.17, 15) is 9.59 Å². The van der Waals surface area contributed by atoms with E-state index in [2.05, 4.69) is 17.5 Å². The molecule has 0 spiro atoms. The number of carboxylic acid groups (broad SMARTS) is 1. The second-order valence-electron chi connectivity index (χ2n) is 5.31. The molecule has 2 rings (SSSR count). The summed E-state index contributed by atoms with van der Waals surface area (Å²) in [4.78, 5) is 23.1. The molecule has 0 saturated heterocycles. The number of benzene rings is 1. The largest absolute Gasteiger partial charge is 0.478 e. The highest BCUT2D eigenvalue weighted by Gasteiger charge is 2.16. The fraction of sp³-hybridized carbons (Fsp3) is 0.375. The molecule has 2 N–H and O–H groups in total. The highest BCUT2D eigenvalue weighted by molar-refractivity contribution is 5.95. The molecule has 106 valence electrons. The van der Waals surface area contributed by atoms with Gasteiger partial charge in [0.25, 0.3) is 0 Å². The summed E-state index contributed by atoms with van der Waals surface area (Å²) in [6.45, 7) is 3.62. The summed E-state index contributed by atoms with van der Waals surface area (Å²) < 4.78 is 0. The Morgan fingerprint density at radius 3 is 2.65 bits per heavy atom. The first-order valence-corrected chi connectivity index (χ1v) is 6.78. The van der Waals surface area contributed by atoms with Crippen LogP contribution in [0, 0.1) is 19.8 Å². The average Bonchev–Trinajstić information content (AvgIpc) is 2.84. The van der Waals surface area contributed by atoms with Crippen molar-refractivity contribution in [2.24, 2.45) is 5.92 Å². The van der Waals surface area contributed by atoms with Crippen molar-refractivity contribution >= 4 is 17.6 Å². The summed E-state index contributed by atoms with van der Waals surface area (Å²) in [7, 11) is 0. The van der Waals surface area contributed by atoms with Crippen LogP contribution < -0.4 is 5.32 Å². The summed E-state index contributed by atoms with van der Waals surface area (Å²) in [5, 5.41) is 11.9. The number of hydrogen-bond donors (Lipinski definition) is 2. The van der Waals surface area contributed by atoms with Crippen LogP contribution in [-0.4, -0.2) is 17.0 Å². The number of carbonyl (C=O) groups excluding carboxylic acids is 1. The van der Waals surface area contributed by atoms with Crippen LogP contribution in [0.5, 0.6) is 0 Å². The Morgan fingerprint density at radius 1 is 1.30 bits per heavy atom. The summed E-state index contributed by atoms with van der Waals surface area (Å²) in [6, 6.07) is 3.32. The predicted molar refractivity (Wildman–Crippen MR) is 78.0 cm³/mol. The minimum Gasteiger partial charge on any atom is -0.478 e. The van der Waals surface area contributed by atoms with Crippen molar-refractivity contribution in [3.05, 3.63) is 41.0 Å². The summed E-state index contributed by atoms with van der Waals surface area (Å²) in [5.74, 6) is -0.735. The summed E-state index contributed by atoms with van der Waals surface area (Å²) in [5.41, 5.74) is 2.39. The van der Waals surface area contributed by atoms with Crippen LogP contribution in [0.2, 0.25) is 0 Å². The zero-order valence-corrected chi connectivity index (χ0v) is 11.8. The van der Waals surface area contributed by atoms with Gasteiger partial charge in [0, 0.05) is 12.1 Å². The molecule has 1 aliphatic rings. The lowest BCUT2D eigenvalue weighted by atomic mass is 10.0. The fourth-order valence-electron chi connectivity index (χ4n) is 2.52. The number of carboxylic acids is 1. The Balaban J connectivity index is 2.11. The average molecular weight is 273 g/mol. The Bertz CT molecular complexity index is 575. The molecule has 0 bridgehead atoms. The van der Waals surface area contributed by atoms with E-state index in [1.165, 1.54) is 6.07 Å². The highest BCUT2D eigenvalue weighted by Crippen LogP contribution is 2.24. The number of aromatic carboxylic acids is 1. The van der Waals surface area contributed by atoms with Crippen LogP contribution >= 0.6 is 0 Å². The van der Waals surface area contributed by atoms with Crippen LogP contribution in [0.1, 0.15) is 40.7 Å². The third kappa shape index (κ3) is 3.26. The van der Waals surface area contributed by atoms with Crippen LogP contribution in [0.15, 0.2) is 24.3 Å². The van der Waals surface area contributed by atoms with E-state index in [4.69, 9.17) is 5.11 Å². The Morgan fingerprint density at radius 2 is 2.05 bits per heavy atom. The molecule has 20 heavy (non-hydrogen) atoms. The normalized spacial score (nSPS) is 17.2. The van der Waals surface area contributed by atoms with Gasteiger partial charge in [0.1, 0.15) is 0 Å². The smallest absolute Gasteiger partial charge is 0.336 e. The highest BCUT2D eigenvalue weighted by atomic mass is 16.4. The third-order valence-electron chi connectivity index (χ3n) is 3.64. The summed E-state index contributed by atoms with van der Waals surface area (Å²) >= 11 is 0. The molecular weight excluding hydrogens is 254 g/mol. The van der Waals surface area contributed by atoms with E-state index < -0.39 is 5.97 Å². The molecule has 0 radical (unpaired) electrons. The predicted octanol–water partition coefficient (Wildman–Crippen LogP) is 3.30. The maximum atomic E-state index is 12.0. The van der Waals surface area contributed by atoms with Crippen molar-refractivity contribution in [1.29, 1.82) is 0 Å². The van der Waals surface area contributed by atoms with Crippen LogP contribution in [0.4, 0.5) is 5.69 Å². The second-order valence-corrected chi connectivity index (χ2v) is 5.31. The fourth-order valence-corrected chi connectivity index (χ4v) is 2.52. The lowest BCUT2D eigenvalue weighted by molar-refractivity contribution is -0.116. The molecule has 0 aliphatic heterocycles. The zero-order valence-electron chi connectivity index (χ0n) is 11.8. The number of aryl methyl sites for hydroxylation is 2. The number of rotatable bonds is 4. The molecule has 0 fully saturated rings. The Labute approximate surface area is 118 Å². The first kappa shape index (κ1) is 14.3. The second kappa shape index (κ2) is 5.90. The van der Waals surface area contributed by atoms with E-state index in [1.54, 1.807) is 13.0 Å². The molecule has 1 aromatic carbocycles. The number of carbonyl (C=O) groups is 2. The lowest BCUT2D eigenvalue weighted by Gasteiger charge is -2.13. The third-order valence-corrected chi connectivity index (χ3v) is 3.64. The first-order valence-electron chi connectivity index (χ1n) is 6.78. The van der Waals surface area contributed by atoms with E-state index in [0.29, 0.717) is 23.6 Å². The standard InChI is InChI=1S/C16H19NO3/c1-10-7-11(2)14(9-13(10)16(19)20)17-15(18)8-12-5-3-4-6-12/h3,5,7,9,12H,4,6,8H2,1-2H3,(H,17,18)(H,19,20). The molecule has 0 heterocycles. The van der Waals surface area contributed by atoms with Crippen molar-refractivity contribution in [3.63, 3.8) is 0 Å². The van der Waals surface area contributed by atoms with E-state index in [0.717, 1.165) is 18.4 Å². The molecule has 1 atom stereocenters. The van der Waals surface area contributed by atoms with Gasteiger partial charge in [-0.15, -0.1) is 0 Å². The van der Waals surface area contributed by atoms with Gasteiger partial charge in [-0.2, -0.15) is 0 Å². The van der Waals surface area contributed by atoms with Gasteiger partial charge in [-0.3, -0.25) is 4.79 Å². The van der Waals surface area contributed by atoms with Gasteiger partial charge in [-0.1, -0.05) is 18.2 Å². The first-order chi connectivity index (χ1) is 9.47. The molecule has 1 amide bonds. The zero-order chi connectivity index (χ0) is 14.7. The van der Waals surface area contributed by atoms with Gasteiger partial charge < -0.3 is 10.4 Å². The topological polar surface area (TPSA) is 66.4 Å². The number of amides is 1. The quantitative estimate of drug-likeness (QED) is 0.827. The Hall–Kier alpha value is -2.10.